The smallest absolute Gasteiger partial charge is 0.200 e. The molecule has 0 radical (unpaired) electrons. The lowest BCUT2D eigenvalue weighted by Crippen LogP contribution is -1.98. The maximum Gasteiger partial charge on any atom is 0.200 e. The normalized spacial score (nSPS) is 11.1. The predicted octanol–water partition coefficient (Wildman–Crippen LogP) is 1.43. The molecule has 3 heterocycles. The third-order valence-corrected chi connectivity index (χ3v) is 2.48. The van der Waals surface area contributed by atoms with Crippen molar-refractivity contribution in [1.29, 1.82) is 0 Å². The Kier molecular flexibility index (Phi) is 2.07. The summed E-state index contributed by atoms with van der Waals surface area (Å²) in [5.41, 5.74) is 7.83. The van der Waals surface area contributed by atoms with Gasteiger partial charge in [-0.1, -0.05) is 0 Å². The van der Waals surface area contributed by atoms with Gasteiger partial charge in [0.25, 0.3) is 0 Å². The Morgan fingerprint density at radius 2 is 2.24 bits per heavy atom. The lowest BCUT2D eigenvalue weighted by atomic mass is 10.2. The second kappa shape index (κ2) is 3.58. The third-order valence-electron chi connectivity index (χ3n) is 2.48. The van der Waals surface area contributed by atoms with Crippen molar-refractivity contribution in [3.63, 3.8) is 0 Å². The standard InChI is InChI=1S/C11H11N5O/c1-6-13-8(5-7-3-2-4-17-7)9-10(14-6)16-11(12)15-9/h2-4H,5H2,1H3,(H3,12,13,14,15,16). The lowest BCUT2D eigenvalue weighted by Gasteiger charge is -2.00. The monoisotopic (exact) mass is 229 g/mol. The van der Waals surface area contributed by atoms with Gasteiger partial charge in [0, 0.05) is 0 Å². The van der Waals surface area contributed by atoms with Crippen LogP contribution >= 0.6 is 0 Å². The summed E-state index contributed by atoms with van der Waals surface area (Å²) in [5, 5.41) is 0. The van der Waals surface area contributed by atoms with E-state index in [0.717, 1.165) is 17.0 Å². The topological polar surface area (TPSA) is 93.6 Å². The number of nitrogens with two attached hydrogens (primary N) is 1. The maximum atomic E-state index is 5.63. The number of aromatic nitrogens is 4. The van der Waals surface area contributed by atoms with Crippen LogP contribution in [0.4, 0.5) is 5.95 Å². The molecule has 3 aromatic rings. The van der Waals surface area contributed by atoms with E-state index in [1.54, 1.807) is 6.26 Å². The van der Waals surface area contributed by atoms with Crippen molar-refractivity contribution >= 4 is 17.1 Å². The zero-order valence-electron chi connectivity index (χ0n) is 9.27. The third kappa shape index (κ3) is 1.73. The maximum absolute atomic E-state index is 5.63. The Morgan fingerprint density at radius 1 is 1.35 bits per heavy atom. The van der Waals surface area contributed by atoms with Crippen molar-refractivity contribution in [2.75, 3.05) is 5.73 Å². The average Bonchev–Trinajstić information content (AvgIpc) is 2.86. The average molecular weight is 229 g/mol. The van der Waals surface area contributed by atoms with Crippen molar-refractivity contribution in [3.8, 4) is 0 Å². The summed E-state index contributed by atoms with van der Waals surface area (Å²) >= 11 is 0. The molecule has 0 unspecified atom stereocenters. The van der Waals surface area contributed by atoms with Crippen LogP contribution in [0.3, 0.4) is 0 Å². The number of nitrogen functional groups attached to an aromatic ring is 1. The van der Waals surface area contributed by atoms with Crippen molar-refractivity contribution < 1.29 is 4.42 Å². The molecule has 6 heteroatoms. The van der Waals surface area contributed by atoms with Gasteiger partial charge in [0.15, 0.2) is 11.6 Å². The quantitative estimate of drug-likeness (QED) is 0.693. The number of nitrogens with zero attached hydrogens (tertiary/aromatic N) is 3. The highest BCUT2D eigenvalue weighted by atomic mass is 16.3. The van der Waals surface area contributed by atoms with Gasteiger partial charge in [-0.15, -0.1) is 0 Å². The molecule has 0 fully saturated rings. The minimum Gasteiger partial charge on any atom is -0.469 e. The van der Waals surface area contributed by atoms with Crippen LogP contribution in [-0.2, 0) is 6.42 Å². The number of rotatable bonds is 2. The van der Waals surface area contributed by atoms with Crippen molar-refractivity contribution in [2.45, 2.75) is 13.3 Å². The minimum atomic E-state index is 0.348. The summed E-state index contributed by atoms with van der Waals surface area (Å²) in [6, 6.07) is 3.75. The van der Waals surface area contributed by atoms with E-state index >= 15 is 0 Å². The summed E-state index contributed by atoms with van der Waals surface area (Å²) in [6.07, 6.45) is 2.23. The molecule has 3 rings (SSSR count). The van der Waals surface area contributed by atoms with Crippen molar-refractivity contribution in [3.05, 3.63) is 35.7 Å². The van der Waals surface area contributed by atoms with Gasteiger partial charge in [0.05, 0.1) is 18.4 Å². The Labute approximate surface area is 96.9 Å². The Balaban J connectivity index is 2.14. The number of fused-ring (bicyclic) bond motifs is 1. The van der Waals surface area contributed by atoms with Gasteiger partial charge in [0.2, 0.25) is 0 Å². The molecule has 0 aromatic carbocycles. The summed E-state index contributed by atoms with van der Waals surface area (Å²) in [7, 11) is 0. The molecule has 0 aliphatic heterocycles. The highest BCUT2D eigenvalue weighted by Gasteiger charge is 2.11. The fourth-order valence-corrected chi connectivity index (χ4v) is 1.80. The van der Waals surface area contributed by atoms with Gasteiger partial charge in [-0.25, -0.2) is 9.97 Å². The van der Waals surface area contributed by atoms with E-state index in [9.17, 15) is 0 Å². The van der Waals surface area contributed by atoms with E-state index in [1.807, 2.05) is 19.1 Å². The summed E-state index contributed by atoms with van der Waals surface area (Å²) in [4.78, 5) is 15.7. The number of H-pyrrole nitrogens is 1. The van der Waals surface area contributed by atoms with Crippen molar-refractivity contribution in [2.24, 2.45) is 0 Å². The molecule has 0 spiro atoms. The number of aryl methyl sites for hydroxylation is 1. The summed E-state index contributed by atoms with van der Waals surface area (Å²) < 4.78 is 5.31. The zero-order chi connectivity index (χ0) is 11.8. The molecule has 0 aliphatic carbocycles. The number of aromatic amines is 1. The molecule has 3 N–H and O–H groups in total. The molecule has 17 heavy (non-hydrogen) atoms. The predicted molar refractivity (Wildman–Crippen MR) is 62.3 cm³/mol. The van der Waals surface area contributed by atoms with E-state index in [1.165, 1.54) is 0 Å². The van der Waals surface area contributed by atoms with Crippen LogP contribution in [0.15, 0.2) is 22.8 Å². The van der Waals surface area contributed by atoms with Gasteiger partial charge in [-0.3, -0.25) is 0 Å². The fraction of sp³-hybridized carbons (Fsp3) is 0.182. The van der Waals surface area contributed by atoms with Crippen LogP contribution in [0.5, 0.6) is 0 Å². The molecule has 0 atom stereocenters. The molecular formula is C11H11N5O. The lowest BCUT2D eigenvalue weighted by molar-refractivity contribution is 0.519. The SMILES string of the molecule is Cc1nc(Cc2ccco2)c2[nH]c(N)nc2n1. The molecular weight excluding hydrogens is 218 g/mol. The largest absolute Gasteiger partial charge is 0.469 e. The number of imidazole rings is 1. The van der Waals surface area contributed by atoms with Gasteiger partial charge >= 0.3 is 0 Å². The first-order valence-electron chi connectivity index (χ1n) is 5.23. The molecule has 6 nitrogen and oxygen atoms in total. The van der Waals surface area contributed by atoms with E-state index in [4.69, 9.17) is 10.2 Å². The van der Waals surface area contributed by atoms with Gasteiger partial charge in [0.1, 0.15) is 17.1 Å². The first kappa shape index (κ1) is 9.83. The Hall–Kier alpha value is -2.37. The molecule has 0 bridgehead atoms. The van der Waals surface area contributed by atoms with E-state index < -0.39 is 0 Å². The van der Waals surface area contributed by atoms with E-state index in [0.29, 0.717) is 23.8 Å². The highest BCUT2D eigenvalue weighted by Crippen LogP contribution is 2.17. The number of furan rings is 1. The van der Waals surface area contributed by atoms with Gasteiger partial charge < -0.3 is 15.1 Å². The number of anilines is 1. The summed E-state index contributed by atoms with van der Waals surface area (Å²) in [5.74, 6) is 1.86. The number of nitrogens with one attached hydrogen (secondary N) is 1. The van der Waals surface area contributed by atoms with Crippen LogP contribution in [0.2, 0.25) is 0 Å². The summed E-state index contributed by atoms with van der Waals surface area (Å²) in [6.45, 7) is 1.83. The van der Waals surface area contributed by atoms with E-state index in [2.05, 4.69) is 19.9 Å². The van der Waals surface area contributed by atoms with Crippen LogP contribution in [0.25, 0.3) is 11.2 Å². The van der Waals surface area contributed by atoms with Crippen LogP contribution in [-0.4, -0.2) is 19.9 Å². The molecule has 0 saturated heterocycles. The molecule has 3 aromatic heterocycles. The molecule has 0 amide bonds. The Bertz CT molecular complexity index is 656. The van der Waals surface area contributed by atoms with Gasteiger partial charge in [-0.05, 0) is 19.1 Å². The number of hydrogen-bond donors (Lipinski definition) is 2. The van der Waals surface area contributed by atoms with Crippen molar-refractivity contribution in [1.82, 2.24) is 19.9 Å². The van der Waals surface area contributed by atoms with Gasteiger partial charge in [-0.2, -0.15) is 4.98 Å². The second-order valence-electron chi connectivity index (χ2n) is 3.79. The minimum absolute atomic E-state index is 0.348. The number of hydrogen-bond acceptors (Lipinski definition) is 5. The highest BCUT2D eigenvalue weighted by molar-refractivity contribution is 5.75. The first-order valence-corrected chi connectivity index (χ1v) is 5.23. The Morgan fingerprint density at radius 3 is 3.00 bits per heavy atom. The van der Waals surface area contributed by atoms with Crippen LogP contribution in [0.1, 0.15) is 17.3 Å². The second-order valence-corrected chi connectivity index (χ2v) is 3.79. The van der Waals surface area contributed by atoms with Crippen LogP contribution < -0.4 is 5.73 Å². The molecule has 0 saturated carbocycles. The first-order chi connectivity index (χ1) is 8.22. The molecule has 0 aliphatic rings. The fourth-order valence-electron chi connectivity index (χ4n) is 1.80. The van der Waals surface area contributed by atoms with Crippen LogP contribution in [0, 0.1) is 6.92 Å². The zero-order valence-corrected chi connectivity index (χ0v) is 9.27. The molecule has 86 valence electrons. The van der Waals surface area contributed by atoms with E-state index in [-0.39, 0.29) is 0 Å².